The fourth-order valence-electron chi connectivity index (χ4n) is 2.43. The summed E-state index contributed by atoms with van der Waals surface area (Å²) in [6.45, 7) is 1.75. The van der Waals surface area contributed by atoms with E-state index < -0.39 is 11.2 Å². The van der Waals surface area contributed by atoms with Gasteiger partial charge in [-0.25, -0.2) is 4.79 Å². The van der Waals surface area contributed by atoms with E-state index in [2.05, 4.69) is 0 Å². The maximum absolute atomic E-state index is 12.5. The van der Waals surface area contributed by atoms with E-state index in [1.165, 1.54) is 23.9 Å². The summed E-state index contributed by atoms with van der Waals surface area (Å²) < 4.78 is 7.52. The average molecular weight is 331 g/mol. The monoisotopic (exact) mass is 331 g/mol. The number of hydrogen-bond acceptors (Lipinski definition) is 4. The van der Waals surface area contributed by atoms with Crippen LogP contribution in [-0.2, 0) is 18.4 Å². The molecular formula is C17H21N3O4. The topological polar surface area (TPSA) is 73.5 Å². The van der Waals surface area contributed by atoms with Gasteiger partial charge in [-0.1, -0.05) is 18.2 Å². The van der Waals surface area contributed by atoms with Crippen molar-refractivity contribution in [2.45, 2.75) is 19.5 Å². The smallest absolute Gasteiger partial charge is 0.331 e. The number of aromatic nitrogens is 2. The number of para-hydroxylation sites is 1. The zero-order chi connectivity index (χ0) is 17.9. The number of ether oxygens (including phenoxy) is 1. The van der Waals surface area contributed by atoms with Crippen molar-refractivity contribution in [3.63, 3.8) is 0 Å². The predicted octanol–water partition coefficient (Wildman–Crippen LogP) is 0.775. The van der Waals surface area contributed by atoms with Crippen molar-refractivity contribution in [2.75, 3.05) is 14.2 Å². The van der Waals surface area contributed by atoms with Gasteiger partial charge in [0, 0.05) is 31.9 Å². The summed E-state index contributed by atoms with van der Waals surface area (Å²) in [5.41, 5.74) is -0.0442. The third kappa shape index (κ3) is 3.40. The molecule has 0 fully saturated rings. The Bertz CT molecular complexity index is 853. The second-order valence-corrected chi connectivity index (χ2v) is 5.55. The van der Waals surface area contributed by atoms with Gasteiger partial charge in [0.05, 0.1) is 13.2 Å². The Balaban J connectivity index is 2.22. The molecule has 0 bridgehead atoms. The van der Waals surface area contributed by atoms with E-state index in [1.54, 1.807) is 19.1 Å². The Kier molecular flexibility index (Phi) is 5.23. The van der Waals surface area contributed by atoms with Crippen LogP contribution in [0.15, 0.2) is 46.1 Å². The Hall–Kier alpha value is -2.83. The minimum absolute atomic E-state index is 0.136. The molecule has 7 heteroatoms. The summed E-state index contributed by atoms with van der Waals surface area (Å²) in [5.74, 6) is 0.457. The van der Waals surface area contributed by atoms with E-state index in [4.69, 9.17) is 4.74 Å². The van der Waals surface area contributed by atoms with Crippen LogP contribution in [0, 0.1) is 0 Å². The van der Waals surface area contributed by atoms with Crippen LogP contribution in [0.25, 0.3) is 0 Å². The van der Waals surface area contributed by atoms with Crippen molar-refractivity contribution < 1.29 is 9.53 Å². The van der Waals surface area contributed by atoms with Crippen molar-refractivity contribution in [1.82, 2.24) is 14.0 Å². The molecule has 7 nitrogen and oxygen atoms in total. The van der Waals surface area contributed by atoms with Crippen molar-refractivity contribution in [2.24, 2.45) is 7.05 Å². The molecule has 128 valence electrons. The molecule has 1 aromatic carbocycles. The molecule has 1 aromatic heterocycles. The molecule has 0 aliphatic carbocycles. The second-order valence-electron chi connectivity index (χ2n) is 5.55. The number of rotatable bonds is 5. The van der Waals surface area contributed by atoms with Crippen molar-refractivity contribution in [3.8, 4) is 5.75 Å². The number of carbonyl (C=O) groups is 1. The van der Waals surface area contributed by atoms with Gasteiger partial charge in [-0.15, -0.1) is 0 Å². The van der Waals surface area contributed by atoms with Crippen LogP contribution in [0.1, 0.15) is 18.5 Å². The molecule has 2 rings (SSSR count). The molecule has 0 radical (unpaired) electrons. The van der Waals surface area contributed by atoms with Crippen LogP contribution in [-0.4, -0.2) is 34.1 Å². The highest BCUT2D eigenvalue weighted by Crippen LogP contribution is 2.28. The molecular weight excluding hydrogens is 310 g/mol. The summed E-state index contributed by atoms with van der Waals surface area (Å²) >= 11 is 0. The summed E-state index contributed by atoms with van der Waals surface area (Å²) in [4.78, 5) is 37.5. The molecule has 0 spiro atoms. The maximum atomic E-state index is 12.5. The first-order valence-electron chi connectivity index (χ1n) is 7.52. The highest BCUT2D eigenvalue weighted by molar-refractivity contribution is 5.76. The normalized spacial score (nSPS) is 11.8. The molecule has 24 heavy (non-hydrogen) atoms. The van der Waals surface area contributed by atoms with Gasteiger partial charge in [0.25, 0.3) is 5.56 Å². The van der Waals surface area contributed by atoms with Crippen molar-refractivity contribution in [1.29, 1.82) is 0 Å². The fraction of sp³-hybridized carbons (Fsp3) is 0.353. The van der Waals surface area contributed by atoms with Gasteiger partial charge in [-0.3, -0.25) is 18.7 Å². The Labute approximate surface area is 139 Å². The Morgan fingerprint density at radius 3 is 2.58 bits per heavy atom. The van der Waals surface area contributed by atoms with E-state index in [9.17, 15) is 14.4 Å². The molecule has 0 saturated carbocycles. The number of benzene rings is 1. The minimum Gasteiger partial charge on any atom is -0.496 e. The lowest BCUT2D eigenvalue weighted by Gasteiger charge is -2.27. The Morgan fingerprint density at radius 1 is 1.25 bits per heavy atom. The Morgan fingerprint density at radius 2 is 1.92 bits per heavy atom. The lowest BCUT2D eigenvalue weighted by atomic mass is 10.1. The summed E-state index contributed by atoms with van der Waals surface area (Å²) in [6, 6.07) is 8.51. The van der Waals surface area contributed by atoms with Gasteiger partial charge in [0.15, 0.2) is 0 Å². The molecule has 0 aliphatic rings. The molecule has 1 unspecified atom stereocenters. The lowest BCUT2D eigenvalue weighted by molar-refractivity contribution is -0.132. The van der Waals surface area contributed by atoms with Gasteiger partial charge in [0.1, 0.15) is 12.3 Å². The van der Waals surface area contributed by atoms with Crippen molar-refractivity contribution >= 4 is 5.91 Å². The first-order valence-corrected chi connectivity index (χ1v) is 7.52. The highest BCUT2D eigenvalue weighted by Gasteiger charge is 2.20. The van der Waals surface area contributed by atoms with Gasteiger partial charge >= 0.3 is 5.69 Å². The molecule has 0 N–H and O–H groups in total. The maximum Gasteiger partial charge on any atom is 0.331 e. The number of hydrogen-bond donors (Lipinski definition) is 0. The van der Waals surface area contributed by atoms with Gasteiger partial charge in [0.2, 0.25) is 5.91 Å². The highest BCUT2D eigenvalue weighted by atomic mass is 16.5. The quantitative estimate of drug-likeness (QED) is 0.811. The molecule has 0 aliphatic heterocycles. The van der Waals surface area contributed by atoms with E-state index in [1.807, 2.05) is 31.2 Å². The molecule has 1 heterocycles. The summed E-state index contributed by atoms with van der Waals surface area (Å²) in [5, 5.41) is 0. The van der Waals surface area contributed by atoms with Crippen LogP contribution in [0.3, 0.4) is 0 Å². The molecule has 1 amide bonds. The standard InChI is InChI=1S/C17H21N3O4/c1-12(13-7-5-6-8-14(13)24-4)18(2)16(22)11-20-10-9-15(21)19(3)17(20)23/h5-10,12H,11H2,1-4H3. The number of carbonyl (C=O) groups excluding carboxylic acids is 1. The fourth-order valence-corrected chi connectivity index (χ4v) is 2.43. The molecule has 1 atom stereocenters. The summed E-state index contributed by atoms with van der Waals surface area (Å²) in [6.07, 6.45) is 1.34. The van der Waals surface area contributed by atoms with Crippen LogP contribution < -0.4 is 16.0 Å². The molecule has 0 saturated heterocycles. The van der Waals surface area contributed by atoms with Crippen LogP contribution in [0.2, 0.25) is 0 Å². The lowest BCUT2D eigenvalue weighted by Crippen LogP contribution is -2.41. The van der Waals surface area contributed by atoms with Crippen molar-refractivity contribution in [3.05, 3.63) is 62.9 Å². The van der Waals surface area contributed by atoms with Gasteiger partial charge < -0.3 is 9.64 Å². The number of nitrogens with zero attached hydrogens (tertiary/aromatic N) is 3. The average Bonchev–Trinajstić information content (AvgIpc) is 2.60. The predicted molar refractivity (Wildman–Crippen MR) is 90.1 cm³/mol. The summed E-state index contributed by atoms with van der Waals surface area (Å²) in [7, 11) is 4.64. The van der Waals surface area contributed by atoms with E-state index >= 15 is 0 Å². The zero-order valence-electron chi connectivity index (χ0n) is 14.2. The number of likely N-dealkylation sites (N-methyl/N-ethyl adjacent to an activating group) is 1. The number of amides is 1. The largest absolute Gasteiger partial charge is 0.496 e. The van der Waals surface area contributed by atoms with E-state index in [-0.39, 0.29) is 18.5 Å². The van der Waals surface area contributed by atoms with Crippen LogP contribution >= 0.6 is 0 Å². The third-order valence-electron chi connectivity index (χ3n) is 4.13. The molecule has 2 aromatic rings. The SMILES string of the molecule is COc1ccccc1C(C)N(C)C(=O)Cn1ccc(=O)n(C)c1=O. The number of methoxy groups -OCH3 is 1. The second kappa shape index (κ2) is 7.16. The van der Waals surface area contributed by atoms with Crippen LogP contribution in [0.5, 0.6) is 5.75 Å². The first-order chi connectivity index (χ1) is 11.4. The van der Waals surface area contributed by atoms with E-state index in [0.29, 0.717) is 5.75 Å². The van der Waals surface area contributed by atoms with Gasteiger partial charge in [-0.05, 0) is 13.0 Å². The minimum atomic E-state index is -0.519. The van der Waals surface area contributed by atoms with Crippen LogP contribution in [0.4, 0.5) is 0 Å². The first kappa shape index (κ1) is 17.5. The van der Waals surface area contributed by atoms with Gasteiger partial charge in [-0.2, -0.15) is 0 Å². The van der Waals surface area contributed by atoms with E-state index in [0.717, 1.165) is 10.1 Å². The zero-order valence-corrected chi connectivity index (χ0v) is 14.2. The third-order valence-corrected chi connectivity index (χ3v) is 4.13.